The Hall–Kier alpha value is -3.71. The van der Waals surface area contributed by atoms with Gasteiger partial charge in [-0.15, -0.1) is 0 Å². The van der Waals surface area contributed by atoms with E-state index in [9.17, 15) is 9.59 Å². The Morgan fingerprint density at radius 3 is 2.73 bits per heavy atom. The van der Waals surface area contributed by atoms with Crippen molar-refractivity contribution in [2.75, 3.05) is 79.6 Å². The Kier molecular flexibility index (Phi) is 10.4. The van der Waals surface area contributed by atoms with Crippen LogP contribution < -0.4 is 20.3 Å². The molecule has 3 aromatic rings. The average molecular weight is 627 g/mol. The van der Waals surface area contributed by atoms with E-state index in [1.165, 1.54) is 7.11 Å². The standard InChI is InChI=1S/C31H39ClN6O6/c1-36(2)8-5-6-27(39)37-9-7-22(17-37)44-11-10-38-29-21(16-34-31(35-29)33-15-20-18-43-19-20)12-25(30(38)40)24-13-23(41-3)14-26(42-4)28(24)32/h5-6,12-14,16,20,22H,7-11,15,17-19H2,1-4H3,(H,33,34,35). The fourth-order valence-electron chi connectivity index (χ4n) is 5.16. The number of anilines is 1. The molecule has 236 valence electrons. The van der Waals surface area contributed by atoms with Gasteiger partial charge in [-0.05, 0) is 32.6 Å². The Balaban J connectivity index is 1.40. The Morgan fingerprint density at radius 1 is 1.20 bits per heavy atom. The van der Waals surface area contributed by atoms with Crippen molar-refractivity contribution >= 4 is 34.5 Å². The van der Waals surface area contributed by atoms with Gasteiger partial charge in [0.05, 0.1) is 51.7 Å². The smallest absolute Gasteiger partial charge is 0.260 e. The highest BCUT2D eigenvalue weighted by molar-refractivity contribution is 6.35. The number of fused-ring (bicyclic) bond motifs is 1. The second kappa shape index (κ2) is 14.4. The van der Waals surface area contributed by atoms with Crippen molar-refractivity contribution in [1.29, 1.82) is 0 Å². The molecule has 12 nitrogen and oxygen atoms in total. The summed E-state index contributed by atoms with van der Waals surface area (Å²) >= 11 is 6.70. The van der Waals surface area contributed by atoms with Crippen molar-refractivity contribution in [3.05, 3.63) is 51.9 Å². The number of hydrogen-bond acceptors (Lipinski definition) is 10. The highest BCUT2D eigenvalue weighted by Gasteiger charge is 2.26. The zero-order valence-electron chi connectivity index (χ0n) is 25.5. The zero-order valence-corrected chi connectivity index (χ0v) is 26.3. The van der Waals surface area contributed by atoms with Crippen molar-refractivity contribution in [2.45, 2.75) is 19.1 Å². The molecule has 1 aromatic carbocycles. The zero-order chi connectivity index (χ0) is 31.2. The Labute approximate surface area is 261 Å². The lowest BCUT2D eigenvalue weighted by molar-refractivity contribution is -0.125. The van der Waals surface area contributed by atoms with Gasteiger partial charge in [0.25, 0.3) is 5.56 Å². The van der Waals surface area contributed by atoms with Crippen LogP contribution in [0.25, 0.3) is 22.2 Å². The summed E-state index contributed by atoms with van der Waals surface area (Å²) in [5.41, 5.74) is 1.02. The normalized spacial score (nSPS) is 17.0. The molecule has 2 aliphatic rings. The first kappa shape index (κ1) is 31.7. The third-order valence-electron chi connectivity index (χ3n) is 7.70. The number of benzene rings is 1. The molecule has 0 saturated carbocycles. The molecule has 1 amide bonds. The number of likely N-dealkylation sites (tertiary alicyclic amines) is 1. The molecule has 2 aliphatic heterocycles. The van der Waals surface area contributed by atoms with Crippen LogP contribution in [0.1, 0.15) is 6.42 Å². The summed E-state index contributed by atoms with van der Waals surface area (Å²) in [6.07, 6.45) is 5.76. The van der Waals surface area contributed by atoms with Gasteiger partial charge in [0, 0.05) is 66.9 Å². The largest absolute Gasteiger partial charge is 0.497 e. The summed E-state index contributed by atoms with van der Waals surface area (Å²) in [6, 6.07) is 5.12. The van der Waals surface area contributed by atoms with E-state index in [1.54, 1.807) is 47.0 Å². The van der Waals surface area contributed by atoms with Gasteiger partial charge in [-0.1, -0.05) is 17.7 Å². The SMILES string of the molecule is COc1cc(OC)c(Cl)c(-c2cc3cnc(NCC4COC4)nc3n(CCOC3CCN(C(=O)C=CCN(C)C)C3)c2=O)c1. The van der Waals surface area contributed by atoms with Crippen molar-refractivity contribution < 1.29 is 23.7 Å². The van der Waals surface area contributed by atoms with Gasteiger partial charge in [-0.2, -0.15) is 4.98 Å². The second-order valence-corrected chi connectivity index (χ2v) is 11.6. The van der Waals surface area contributed by atoms with Crippen LogP contribution in [-0.4, -0.2) is 111 Å². The first-order valence-corrected chi connectivity index (χ1v) is 15.0. The number of pyridine rings is 1. The van der Waals surface area contributed by atoms with Gasteiger partial charge in [-0.25, -0.2) is 4.98 Å². The van der Waals surface area contributed by atoms with Crippen molar-refractivity contribution in [3.8, 4) is 22.6 Å². The number of ether oxygens (including phenoxy) is 4. The first-order chi connectivity index (χ1) is 21.3. The van der Waals surface area contributed by atoms with E-state index in [2.05, 4.69) is 10.3 Å². The maximum atomic E-state index is 14.1. The van der Waals surface area contributed by atoms with Crippen LogP contribution in [0.15, 0.2) is 41.3 Å². The molecular formula is C31H39ClN6O6. The number of amides is 1. The van der Waals surface area contributed by atoms with E-state index in [0.717, 1.165) is 6.42 Å². The van der Waals surface area contributed by atoms with Gasteiger partial charge in [0.1, 0.15) is 17.1 Å². The molecule has 0 radical (unpaired) electrons. The number of methoxy groups -OCH3 is 2. The van der Waals surface area contributed by atoms with Crippen molar-refractivity contribution in [2.24, 2.45) is 5.92 Å². The van der Waals surface area contributed by atoms with Crippen molar-refractivity contribution in [3.63, 3.8) is 0 Å². The summed E-state index contributed by atoms with van der Waals surface area (Å²) in [6.45, 7) is 4.40. The number of aromatic nitrogens is 3. The first-order valence-electron chi connectivity index (χ1n) is 14.6. The molecule has 0 aliphatic carbocycles. The fraction of sp³-hybridized carbons (Fsp3) is 0.484. The van der Waals surface area contributed by atoms with Gasteiger partial charge < -0.3 is 34.1 Å². The summed E-state index contributed by atoms with van der Waals surface area (Å²) in [5, 5.41) is 4.22. The number of likely N-dealkylation sites (N-methyl/N-ethyl adjacent to an activating group) is 1. The molecule has 2 aromatic heterocycles. The van der Waals surface area contributed by atoms with Crippen LogP contribution in [0, 0.1) is 5.92 Å². The minimum absolute atomic E-state index is 0.0244. The molecule has 4 heterocycles. The molecule has 0 bridgehead atoms. The molecule has 13 heteroatoms. The van der Waals surface area contributed by atoms with Crippen LogP contribution in [-0.2, 0) is 20.8 Å². The summed E-state index contributed by atoms with van der Waals surface area (Å²) in [4.78, 5) is 39.6. The Morgan fingerprint density at radius 2 is 2.02 bits per heavy atom. The monoisotopic (exact) mass is 626 g/mol. The maximum absolute atomic E-state index is 14.1. The lowest BCUT2D eigenvalue weighted by Crippen LogP contribution is -2.33. The molecule has 1 N–H and O–H groups in total. The predicted octanol–water partition coefficient (Wildman–Crippen LogP) is 2.92. The molecule has 1 atom stereocenters. The van der Waals surface area contributed by atoms with Gasteiger partial charge in [0.2, 0.25) is 11.9 Å². The summed E-state index contributed by atoms with van der Waals surface area (Å²) in [7, 11) is 6.96. The molecule has 0 spiro atoms. The minimum Gasteiger partial charge on any atom is -0.497 e. The molecule has 2 saturated heterocycles. The molecule has 44 heavy (non-hydrogen) atoms. The molecular weight excluding hydrogens is 588 g/mol. The van der Waals surface area contributed by atoms with Crippen LogP contribution in [0.4, 0.5) is 5.95 Å². The highest BCUT2D eigenvalue weighted by atomic mass is 35.5. The average Bonchev–Trinajstić information content (AvgIpc) is 3.46. The fourth-order valence-corrected chi connectivity index (χ4v) is 5.45. The van der Waals surface area contributed by atoms with Gasteiger partial charge >= 0.3 is 0 Å². The number of halogens is 1. The van der Waals surface area contributed by atoms with Crippen LogP contribution in [0.2, 0.25) is 5.02 Å². The van der Waals surface area contributed by atoms with E-state index >= 15 is 0 Å². The predicted molar refractivity (Wildman–Crippen MR) is 169 cm³/mol. The second-order valence-electron chi connectivity index (χ2n) is 11.2. The highest BCUT2D eigenvalue weighted by Crippen LogP contribution is 2.38. The minimum atomic E-state index is -0.287. The third-order valence-corrected chi connectivity index (χ3v) is 8.09. The van der Waals surface area contributed by atoms with Crippen molar-refractivity contribution in [1.82, 2.24) is 24.3 Å². The van der Waals surface area contributed by atoms with Crippen LogP contribution >= 0.6 is 11.6 Å². The maximum Gasteiger partial charge on any atom is 0.260 e. The lowest BCUT2D eigenvalue weighted by atomic mass is 10.0. The topological polar surface area (TPSA) is 120 Å². The van der Waals surface area contributed by atoms with E-state index < -0.39 is 0 Å². The number of carbonyl (C=O) groups excluding carboxylic acids is 1. The third kappa shape index (κ3) is 7.32. The number of hydrogen-bond donors (Lipinski definition) is 1. The molecule has 1 unspecified atom stereocenters. The number of carbonyl (C=O) groups is 1. The van der Waals surface area contributed by atoms with E-state index in [4.69, 9.17) is 35.5 Å². The number of rotatable bonds is 13. The molecule has 2 fully saturated rings. The summed E-state index contributed by atoms with van der Waals surface area (Å²) < 4.78 is 23.9. The molecule has 5 rings (SSSR count). The van der Waals surface area contributed by atoms with Gasteiger partial charge in [-0.3, -0.25) is 14.2 Å². The van der Waals surface area contributed by atoms with Crippen LogP contribution in [0.5, 0.6) is 11.5 Å². The number of nitrogens with zero attached hydrogens (tertiary/aromatic N) is 5. The van der Waals surface area contributed by atoms with Gasteiger partial charge in [0.15, 0.2) is 0 Å². The summed E-state index contributed by atoms with van der Waals surface area (Å²) in [5.74, 6) is 1.70. The Bertz CT molecular complexity index is 1570. The number of nitrogens with one attached hydrogen (secondary N) is 1. The van der Waals surface area contributed by atoms with E-state index in [1.807, 2.05) is 25.1 Å². The van der Waals surface area contributed by atoms with E-state index in [-0.39, 0.29) is 30.7 Å². The quantitative estimate of drug-likeness (QED) is 0.284. The van der Waals surface area contributed by atoms with E-state index in [0.29, 0.717) is 89.9 Å². The lowest BCUT2D eigenvalue weighted by Gasteiger charge is -2.25. The van der Waals surface area contributed by atoms with Crippen LogP contribution in [0.3, 0.4) is 0 Å².